The number of alkyl halides is 1. The molecule has 1 aromatic rings. The number of aliphatic carboxylic acids is 1. The lowest BCUT2D eigenvalue weighted by Gasteiger charge is -2.20. The molecule has 2 N–H and O–H groups in total. The Bertz CT molecular complexity index is 618. The first-order chi connectivity index (χ1) is 12.4. The van der Waals surface area contributed by atoms with Crippen molar-refractivity contribution in [2.45, 2.75) is 37.2 Å². The fraction of sp³-hybridized carbons (Fsp3) is 0.526. The average molecular weight is 438 g/mol. The molecule has 0 heterocycles. The van der Waals surface area contributed by atoms with E-state index in [1.165, 1.54) is 11.8 Å². The molecule has 4 atom stereocenters. The Morgan fingerprint density at radius 2 is 1.92 bits per heavy atom. The summed E-state index contributed by atoms with van der Waals surface area (Å²) in [6.07, 6.45) is 6.94. The van der Waals surface area contributed by atoms with Gasteiger partial charge in [-0.05, 0) is 54.7 Å². The number of unbranched alkanes of at least 4 members (excludes halogenated alkanes) is 1. The van der Waals surface area contributed by atoms with Crippen LogP contribution < -0.4 is 0 Å². The number of benzene rings is 1. The normalized spacial score (nSPS) is 25.8. The minimum atomic E-state index is -0.777. The molecular weight excluding hydrogens is 415 g/mol. The largest absolute Gasteiger partial charge is 0.481 e. The van der Waals surface area contributed by atoms with Crippen LogP contribution in [0.15, 0.2) is 24.3 Å². The zero-order chi connectivity index (χ0) is 19.1. The molecule has 0 spiro atoms. The van der Waals surface area contributed by atoms with E-state index >= 15 is 0 Å². The number of rotatable bonds is 9. The minimum Gasteiger partial charge on any atom is -0.481 e. The second-order valence-corrected chi connectivity index (χ2v) is 9.10. The van der Waals surface area contributed by atoms with Crippen LogP contribution in [0.3, 0.4) is 0 Å². The van der Waals surface area contributed by atoms with Crippen LogP contribution >= 0.6 is 46.6 Å². The monoisotopic (exact) mass is 436 g/mol. The van der Waals surface area contributed by atoms with Crippen LogP contribution in [0.2, 0.25) is 10.0 Å². The van der Waals surface area contributed by atoms with Crippen molar-refractivity contribution in [3.63, 3.8) is 0 Å². The Labute approximate surface area is 173 Å². The summed E-state index contributed by atoms with van der Waals surface area (Å²) < 4.78 is 0. The Balaban J connectivity index is 1.90. The van der Waals surface area contributed by atoms with Crippen LogP contribution in [-0.2, 0) is 4.79 Å². The standard InChI is InChI=1S/C19H23Cl3O3S/c20-13-7-12(8-14(21)9-13)4-5-16-15(17(22)10-18(16)23)3-1-2-6-26-11-19(24)25/h4-5,7-9,15-18,23H,1-3,6,10-11H2,(H,24,25)/b5-4+/t15-,16-,17-,18-/m1/s1. The Morgan fingerprint density at radius 1 is 1.23 bits per heavy atom. The zero-order valence-electron chi connectivity index (χ0n) is 14.3. The molecule has 3 nitrogen and oxygen atoms in total. The first-order valence-electron chi connectivity index (χ1n) is 8.63. The van der Waals surface area contributed by atoms with Gasteiger partial charge in [0.2, 0.25) is 0 Å². The predicted molar refractivity (Wildman–Crippen MR) is 112 cm³/mol. The summed E-state index contributed by atoms with van der Waals surface area (Å²) in [5.41, 5.74) is 0.900. The van der Waals surface area contributed by atoms with Crippen molar-refractivity contribution in [3.05, 3.63) is 39.9 Å². The molecule has 1 fully saturated rings. The van der Waals surface area contributed by atoms with E-state index in [1.807, 2.05) is 24.3 Å². The molecule has 7 heteroatoms. The number of hydrogen-bond donors (Lipinski definition) is 2. The molecule has 0 unspecified atom stereocenters. The number of carboxylic acids is 1. The molecule has 0 radical (unpaired) electrons. The summed E-state index contributed by atoms with van der Waals surface area (Å²) in [6.45, 7) is 0. The van der Waals surface area contributed by atoms with E-state index < -0.39 is 12.1 Å². The molecule has 0 saturated heterocycles. The molecule has 0 aromatic heterocycles. The first-order valence-corrected chi connectivity index (χ1v) is 11.0. The van der Waals surface area contributed by atoms with Crippen LogP contribution in [-0.4, -0.2) is 39.2 Å². The van der Waals surface area contributed by atoms with Gasteiger partial charge in [-0.3, -0.25) is 4.79 Å². The van der Waals surface area contributed by atoms with Gasteiger partial charge in [0.25, 0.3) is 0 Å². The molecular formula is C19H23Cl3O3S. The van der Waals surface area contributed by atoms with Crippen molar-refractivity contribution in [1.29, 1.82) is 0 Å². The number of halogens is 3. The Morgan fingerprint density at radius 3 is 2.58 bits per heavy atom. The highest BCUT2D eigenvalue weighted by atomic mass is 35.5. The van der Waals surface area contributed by atoms with Gasteiger partial charge in [0.15, 0.2) is 0 Å². The van der Waals surface area contributed by atoms with E-state index in [0.29, 0.717) is 16.5 Å². The van der Waals surface area contributed by atoms with E-state index in [2.05, 4.69) is 0 Å². The summed E-state index contributed by atoms with van der Waals surface area (Å²) in [7, 11) is 0. The number of carbonyl (C=O) groups is 1. The average Bonchev–Trinajstić information content (AvgIpc) is 2.81. The number of hydrogen-bond acceptors (Lipinski definition) is 3. The van der Waals surface area contributed by atoms with Crippen LogP contribution in [0.5, 0.6) is 0 Å². The molecule has 1 saturated carbocycles. The van der Waals surface area contributed by atoms with Crippen LogP contribution in [0.1, 0.15) is 31.2 Å². The van der Waals surface area contributed by atoms with Gasteiger partial charge in [-0.2, -0.15) is 11.8 Å². The zero-order valence-corrected chi connectivity index (χ0v) is 17.4. The smallest absolute Gasteiger partial charge is 0.313 e. The first kappa shape index (κ1) is 21.9. The summed E-state index contributed by atoms with van der Waals surface area (Å²) in [4.78, 5) is 10.5. The number of aliphatic hydroxyl groups excluding tert-OH is 1. The van der Waals surface area contributed by atoms with E-state index in [-0.39, 0.29) is 23.0 Å². The fourth-order valence-corrected chi connectivity index (χ4v) is 5.12. The lowest BCUT2D eigenvalue weighted by atomic mass is 9.89. The van der Waals surface area contributed by atoms with Gasteiger partial charge in [-0.25, -0.2) is 0 Å². The van der Waals surface area contributed by atoms with Crippen LogP contribution in [0.4, 0.5) is 0 Å². The Kier molecular flexibility index (Phi) is 9.11. The second kappa shape index (κ2) is 10.8. The minimum absolute atomic E-state index is 0.00179. The summed E-state index contributed by atoms with van der Waals surface area (Å²) in [5, 5.41) is 20.1. The van der Waals surface area contributed by atoms with Gasteiger partial charge in [0.05, 0.1) is 11.9 Å². The number of carboxylic acid groups (broad SMARTS) is 1. The Hall–Kier alpha value is -0.390. The summed E-state index contributed by atoms with van der Waals surface area (Å²) in [5.74, 6) is 0.411. The highest BCUT2D eigenvalue weighted by molar-refractivity contribution is 7.99. The van der Waals surface area contributed by atoms with Crippen molar-refractivity contribution in [1.82, 2.24) is 0 Å². The van der Waals surface area contributed by atoms with Crippen molar-refractivity contribution < 1.29 is 15.0 Å². The van der Waals surface area contributed by atoms with E-state index in [9.17, 15) is 9.90 Å². The third-order valence-electron chi connectivity index (χ3n) is 4.57. The van der Waals surface area contributed by atoms with Crippen LogP contribution in [0.25, 0.3) is 6.08 Å². The number of aliphatic hydroxyl groups is 1. The number of thioether (sulfide) groups is 1. The van der Waals surface area contributed by atoms with Crippen molar-refractivity contribution in [2.75, 3.05) is 11.5 Å². The molecule has 1 aromatic carbocycles. The lowest BCUT2D eigenvalue weighted by molar-refractivity contribution is -0.133. The van der Waals surface area contributed by atoms with Crippen molar-refractivity contribution in [3.8, 4) is 0 Å². The summed E-state index contributed by atoms with van der Waals surface area (Å²) in [6, 6.07) is 5.35. The molecule has 0 bridgehead atoms. The van der Waals surface area contributed by atoms with Gasteiger partial charge >= 0.3 is 5.97 Å². The maximum absolute atomic E-state index is 10.5. The maximum atomic E-state index is 10.5. The topological polar surface area (TPSA) is 57.5 Å². The molecule has 1 aliphatic carbocycles. The molecule has 2 rings (SSSR count). The third-order valence-corrected chi connectivity index (χ3v) is 6.53. The van der Waals surface area contributed by atoms with Crippen LogP contribution in [0, 0.1) is 11.8 Å². The van der Waals surface area contributed by atoms with E-state index in [0.717, 1.165) is 30.6 Å². The quantitative estimate of drug-likeness (QED) is 0.390. The van der Waals surface area contributed by atoms with Gasteiger partial charge in [-0.15, -0.1) is 11.6 Å². The summed E-state index contributed by atoms with van der Waals surface area (Å²) >= 11 is 20.0. The molecule has 144 valence electrons. The second-order valence-electron chi connectivity index (χ2n) is 6.56. The third kappa shape index (κ3) is 6.97. The SMILES string of the molecule is O=C(O)CSCCCC[C@@H]1[C@@H](/C=C/c2cc(Cl)cc(Cl)c2)[C@H](O)C[C@H]1Cl. The van der Waals surface area contributed by atoms with Gasteiger partial charge < -0.3 is 10.2 Å². The highest BCUT2D eigenvalue weighted by Crippen LogP contribution is 2.40. The van der Waals surface area contributed by atoms with Gasteiger partial charge in [-0.1, -0.05) is 41.8 Å². The molecule has 26 heavy (non-hydrogen) atoms. The molecule has 1 aliphatic rings. The highest BCUT2D eigenvalue weighted by Gasteiger charge is 2.39. The molecule has 0 aliphatic heterocycles. The van der Waals surface area contributed by atoms with Crippen molar-refractivity contribution in [2.24, 2.45) is 11.8 Å². The fourth-order valence-electron chi connectivity index (χ4n) is 3.37. The van der Waals surface area contributed by atoms with E-state index in [4.69, 9.17) is 39.9 Å². The predicted octanol–water partition coefficient (Wildman–Crippen LogP) is 5.60. The van der Waals surface area contributed by atoms with Crippen molar-refractivity contribution >= 4 is 58.6 Å². The lowest BCUT2D eigenvalue weighted by Crippen LogP contribution is -2.18. The van der Waals surface area contributed by atoms with Gasteiger partial charge in [0, 0.05) is 21.3 Å². The molecule has 0 amide bonds. The van der Waals surface area contributed by atoms with Gasteiger partial charge in [0.1, 0.15) is 0 Å². The van der Waals surface area contributed by atoms with E-state index in [1.54, 1.807) is 6.07 Å². The maximum Gasteiger partial charge on any atom is 0.313 e.